The second-order valence-corrected chi connectivity index (χ2v) is 3.66. The topological polar surface area (TPSA) is 35.3 Å². The fourth-order valence-electron chi connectivity index (χ4n) is 1.80. The lowest BCUT2D eigenvalue weighted by Crippen LogP contribution is -2.21. The number of fused-ring (bicyclic) bond motifs is 1. The van der Waals surface area contributed by atoms with Crippen LogP contribution in [0.15, 0.2) is 4.52 Å². The fourth-order valence-corrected chi connectivity index (χ4v) is 1.99. The summed E-state index contributed by atoms with van der Waals surface area (Å²) in [4.78, 5) is 0. The Morgan fingerprint density at radius 2 is 2.31 bits per heavy atom. The largest absolute Gasteiger partial charge is 0.370 e. The Balaban J connectivity index is 2.40. The Morgan fingerprint density at radius 3 is 3.00 bits per heavy atom. The molecule has 2 atom stereocenters. The lowest BCUT2D eigenvalue weighted by molar-refractivity contribution is -0.0101. The molecule has 2 unspecified atom stereocenters. The molecule has 3 nitrogen and oxygen atoms in total. The average Bonchev–Trinajstić information content (AvgIpc) is 2.47. The molecule has 0 bridgehead atoms. The molecule has 1 aromatic heterocycles. The molecule has 0 aromatic carbocycles. The molecule has 1 aliphatic rings. The van der Waals surface area contributed by atoms with Gasteiger partial charge in [0, 0.05) is 12.0 Å². The third-order valence-electron chi connectivity index (χ3n) is 2.32. The van der Waals surface area contributed by atoms with E-state index in [-0.39, 0.29) is 12.2 Å². The SMILES string of the molecule is CC1Cc2onc(CCl)c2C(C)O1. The van der Waals surface area contributed by atoms with Gasteiger partial charge in [-0.25, -0.2) is 0 Å². The van der Waals surface area contributed by atoms with Crippen molar-refractivity contribution in [2.45, 2.75) is 38.4 Å². The summed E-state index contributed by atoms with van der Waals surface area (Å²) < 4.78 is 10.9. The Hall–Kier alpha value is -0.540. The van der Waals surface area contributed by atoms with Crippen molar-refractivity contribution < 1.29 is 9.26 Å². The van der Waals surface area contributed by atoms with E-state index >= 15 is 0 Å². The van der Waals surface area contributed by atoms with E-state index in [1.807, 2.05) is 13.8 Å². The highest BCUT2D eigenvalue weighted by Crippen LogP contribution is 2.32. The minimum absolute atomic E-state index is 0.0544. The lowest BCUT2D eigenvalue weighted by Gasteiger charge is -2.24. The van der Waals surface area contributed by atoms with Crippen molar-refractivity contribution in [2.24, 2.45) is 0 Å². The first-order valence-electron chi connectivity index (χ1n) is 4.41. The van der Waals surface area contributed by atoms with Crippen molar-refractivity contribution >= 4 is 11.6 Å². The van der Waals surface area contributed by atoms with E-state index < -0.39 is 0 Å². The van der Waals surface area contributed by atoms with Gasteiger partial charge in [-0.2, -0.15) is 0 Å². The first-order chi connectivity index (χ1) is 6.22. The molecule has 0 fully saturated rings. The quantitative estimate of drug-likeness (QED) is 0.655. The van der Waals surface area contributed by atoms with Crippen LogP contribution in [0.2, 0.25) is 0 Å². The molecule has 0 saturated carbocycles. The van der Waals surface area contributed by atoms with Gasteiger partial charge in [-0.1, -0.05) is 5.16 Å². The molecule has 0 saturated heterocycles. The van der Waals surface area contributed by atoms with Gasteiger partial charge < -0.3 is 9.26 Å². The van der Waals surface area contributed by atoms with E-state index in [9.17, 15) is 0 Å². The van der Waals surface area contributed by atoms with Crippen LogP contribution >= 0.6 is 11.6 Å². The Bertz CT molecular complexity index is 311. The van der Waals surface area contributed by atoms with Gasteiger partial charge in [-0.15, -0.1) is 11.6 Å². The van der Waals surface area contributed by atoms with E-state index in [1.54, 1.807) is 0 Å². The molecule has 0 radical (unpaired) electrons. The number of aromatic nitrogens is 1. The highest BCUT2D eigenvalue weighted by atomic mass is 35.5. The zero-order valence-corrected chi connectivity index (χ0v) is 8.47. The molecule has 0 N–H and O–H groups in total. The van der Waals surface area contributed by atoms with E-state index in [4.69, 9.17) is 20.9 Å². The number of rotatable bonds is 1. The van der Waals surface area contributed by atoms with Crippen molar-refractivity contribution in [1.82, 2.24) is 5.16 Å². The minimum atomic E-state index is 0.0544. The third kappa shape index (κ3) is 1.46. The van der Waals surface area contributed by atoms with Gasteiger partial charge in [0.2, 0.25) is 0 Å². The summed E-state index contributed by atoms with van der Waals surface area (Å²) in [6, 6.07) is 0. The van der Waals surface area contributed by atoms with Crippen LogP contribution in [0, 0.1) is 0 Å². The zero-order chi connectivity index (χ0) is 9.42. The smallest absolute Gasteiger partial charge is 0.145 e. The van der Waals surface area contributed by atoms with E-state index in [1.165, 1.54) is 0 Å². The summed E-state index contributed by atoms with van der Waals surface area (Å²) in [5.41, 5.74) is 1.86. The standard InChI is InChI=1S/C9H12ClNO2/c1-5-3-8-9(6(2)12-5)7(4-10)11-13-8/h5-6H,3-4H2,1-2H3. The van der Waals surface area contributed by atoms with E-state index in [0.717, 1.165) is 23.4 Å². The summed E-state index contributed by atoms with van der Waals surface area (Å²) in [6.45, 7) is 4.03. The third-order valence-corrected chi connectivity index (χ3v) is 2.57. The van der Waals surface area contributed by atoms with Gasteiger partial charge in [0.1, 0.15) is 11.5 Å². The molecule has 1 aliphatic heterocycles. The van der Waals surface area contributed by atoms with Crippen molar-refractivity contribution in [3.05, 3.63) is 17.0 Å². The zero-order valence-electron chi connectivity index (χ0n) is 7.71. The normalized spacial score (nSPS) is 27.3. The van der Waals surface area contributed by atoms with E-state index in [0.29, 0.717) is 5.88 Å². The van der Waals surface area contributed by atoms with Crippen LogP contribution in [0.1, 0.15) is 37.0 Å². The van der Waals surface area contributed by atoms with Crippen LogP contribution in [-0.4, -0.2) is 11.3 Å². The fraction of sp³-hybridized carbons (Fsp3) is 0.667. The summed E-state index contributed by atoms with van der Waals surface area (Å²) in [6.07, 6.45) is 1.06. The van der Waals surface area contributed by atoms with Crippen molar-refractivity contribution in [1.29, 1.82) is 0 Å². The second-order valence-electron chi connectivity index (χ2n) is 3.39. The van der Waals surface area contributed by atoms with Crippen LogP contribution in [-0.2, 0) is 17.0 Å². The van der Waals surface area contributed by atoms with Crippen LogP contribution in [0.25, 0.3) is 0 Å². The molecule has 0 amide bonds. The number of ether oxygens (including phenoxy) is 1. The number of hydrogen-bond donors (Lipinski definition) is 0. The molecule has 2 rings (SSSR count). The molecule has 72 valence electrons. The first kappa shape index (κ1) is 9.03. The molecule has 13 heavy (non-hydrogen) atoms. The maximum absolute atomic E-state index is 5.73. The Morgan fingerprint density at radius 1 is 1.54 bits per heavy atom. The maximum Gasteiger partial charge on any atom is 0.145 e. The number of halogens is 1. The summed E-state index contributed by atoms with van der Waals surface area (Å²) in [5.74, 6) is 1.32. The van der Waals surface area contributed by atoms with Gasteiger partial charge in [-0.05, 0) is 13.8 Å². The monoisotopic (exact) mass is 201 g/mol. The number of alkyl halides is 1. The molecular weight excluding hydrogens is 190 g/mol. The van der Waals surface area contributed by atoms with Gasteiger partial charge in [0.05, 0.1) is 18.1 Å². The Labute approximate surface area is 82.0 Å². The van der Waals surface area contributed by atoms with E-state index in [2.05, 4.69) is 5.16 Å². The second kappa shape index (κ2) is 3.31. The van der Waals surface area contributed by atoms with Crippen molar-refractivity contribution in [3.63, 3.8) is 0 Å². The average molecular weight is 202 g/mol. The predicted octanol–water partition coefficient (Wildman–Crippen LogP) is 2.44. The van der Waals surface area contributed by atoms with Gasteiger partial charge >= 0.3 is 0 Å². The summed E-state index contributed by atoms with van der Waals surface area (Å²) >= 11 is 5.73. The molecule has 1 aromatic rings. The highest BCUT2D eigenvalue weighted by molar-refractivity contribution is 6.17. The first-order valence-corrected chi connectivity index (χ1v) is 4.94. The van der Waals surface area contributed by atoms with Gasteiger partial charge in [0.15, 0.2) is 0 Å². The predicted molar refractivity (Wildman–Crippen MR) is 48.7 cm³/mol. The summed E-state index contributed by atoms with van der Waals surface area (Å²) in [7, 11) is 0. The van der Waals surface area contributed by atoms with Crippen LogP contribution in [0.4, 0.5) is 0 Å². The molecule has 0 spiro atoms. The molecule has 2 heterocycles. The van der Waals surface area contributed by atoms with Gasteiger partial charge in [0.25, 0.3) is 0 Å². The summed E-state index contributed by atoms with van der Waals surface area (Å²) in [5, 5.41) is 3.91. The highest BCUT2D eigenvalue weighted by Gasteiger charge is 2.28. The number of hydrogen-bond acceptors (Lipinski definition) is 3. The molecule has 4 heteroatoms. The Kier molecular flexibility index (Phi) is 2.30. The van der Waals surface area contributed by atoms with Crippen LogP contribution < -0.4 is 0 Å². The maximum atomic E-state index is 5.73. The van der Waals surface area contributed by atoms with Crippen molar-refractivity contribution in [3.8, 4) is 0 Å². The molecular formula is C9H12ClNO2. The van der Waals surface area contributed by atoms with Gasteiger partial charge in [-0.3, -0.25) is 0 Å². The lowest BCUT2D eigenvalue weighted by atomic mass is 10.0. The minimum Gasteiger partial charge on any atom is -0.370 e. The molecule has 0 aliphatic carbocycles. The van der Waals surface area contributed by atoms with Crippen molar-refractivity contribution in [2.75, 3.05) is 0 Å². The van der Waals surface area contributed by atoms with Crippen LogP contribution in [0.3, 0.4) is 0 Å². The number of nitrogens with zero attached hydrogens (tertiary/aromatic N) is 1. The van der Waals surface area contributed by atoms with Crippen LogP contribution in [0.5, 0.6) is 0 Å².